The maximum Gasteiger partial charge on any atom is 0.266 e. The molecule has 0 aromatic rings. The van der Waals surface area contributed by atoms with E-state index in [1.165, 1.54) is 12.8 Å². The summed E-state index contributed by atoms with van der Waals surface area (Å²) in [4.78, 5) is 0. The monoisotopic (exact) mass is 140 g/mol. The molecule has 0 amide bonds. The molecule has 2 rings (SSSR count). The summed E-state index contributed by atoms with van der Waals surface area (Å²) in [5.74, 6) is 0.984. The molecule has 2 aliphatic rings. The van der Waals surface area contributed by atoms with Crippen LogP contribution in [0.3, 0.4) is 0 Å². The molecule has 1 atom stereocenters. The zero-order valence-electron chi connectivity index (χ0n) is 5.62. The lowest BCUT2D eigenvalue weighted by Gasteiger charge is -2.01. The maximum absolute atomic E-state index is 3.87. The number of quaternary nitrogens is 1. The van der Waals surface area contributed by atoms with Crippen LogP contribution in [0.1, 0.15) is 12.8 Å². The van der Waals surface area contributed by atoms with Gasteiger partial charge in [-0.3, -0.25) is 0 Å². The summed E-state index contributed by atoms with van der Waals surface area (Å²) in [5.41, 5.74) is 1.73. The molecule has 0 aromatic carbocycles. The highest BCUT2D eigenvalue weighted by Gasteiger charge is 2.25. The quantitative estimate of drug-likeness (QED) is 0.450. The first-order valence-electron chi connectivity index (χ1n) is 3.51. The van der Waals surface area contributed by atoms with Gasteiger partial charge in [0.15, 0.2) is 0 Å². The average Bonchev–Trinajstić information content (AvgIpc) is 2.59. The number of nitrogens with two attached hydrogens (primary N) is 1. The molecule has 0 bridgehead atoms. The molecule has 0 radical (unpaired) electrons. The fourth-order valence-electron chi connectivity index (χ4n) is 1.28. The van der Waals surface area contributed by atoms with Crippen LogP contribution in [-0.4, -0.2) is 18.4 Å². The summed E-state index contributed by atoms with van der Waals surface area (Å²) >= 11 is 0. The lowest BCUT2D eigenvalue weighted by molar-refractivity contribution is -0.550. The van der Waals surface area contributed by atoms with E-state index in [9.17, 15) is 0 Å². The van der Waals surface area contributed by atoms with E-state index in [2.05, 4.69) is 20.9 Å². The van der Waals surface area contributed by atoms with E-state index in [0.29, 0.717) is 6.04 Å². The predicted molar refractivity (Wildman–Crippen MR) is 35.2 cm³/mol. The Hall–Kier alpha value is -0.810. The molecule has 0 saturated carbocycles. The largest absolute Gasteiger partial charge is 0.304 e. The molecule has 1 unspecified atom stereocenters. The van der Waals surface area contributed by atoms with Gasteiger partial charge in [-0.1, -0.05) is 5.10 Å². The van der Waals surface area contributed by atoms with E-state index in [0.717, 1.165) is 12.4 Å². The van der Waals surface area contributed by atoms with Gasteiger partial charge >= 0.3 is 0 Å². The number of nitrogens with zero attached hydrogens (tertiary/aromatic N) is 3. The van der Waals surface area contributed by atoms with Crippen LogP contribution in [0.25, 0.3) is 0 Å². The van der Waals surface area contributed by atoms with E-state index >= 15 is 0 Å². The Balaban J connectivity index is 1.99. The Kier molecular flexibility index (Phi) is 1.44. The number of amidine groups is 1. The number of nitrogens with one attached hydrogen (secondary N) is 1. The van der Waals surface area contributed by atoms with Gasteiger partial charge in [-0.15, -0.1) is 0 Å². The molecule has 5 heteroatoms. The summed E-state index contributed by atoms with van der Waals surface area (Å²) in [6.07, 6.45) is 2.40. The maximum atomic E-state index is 3.87. The van der Waals surface area contributed by atoms with Gasteiger partial charge in [-0.25, -0.2) is 0 Å². The average molecular weight is 140 g/mol. The van der Waals surface area contributed by atoms with E-state index in [1.54, 1.807) is 5.43 Å². The number of hydrogen-bond acceptors (Lipinski definition) is 4. The van der Waals surface area contributed by atoms with Crippen molar-refractivity contribution in [3.05, 3.63) is 0 Å². The Morgan fingerprint density at radius 1 is 1.60 bits per heavy atom. The Bertz CT molecular complexity index is 178. The third kappa shape index (κ3) is 0.932. The van der Waals surface area contributed by atoms with Gasteiger partial charge in [0.2, 0.25) is 0 Å². The zero-order chi connectivity index (χ0) is 6.81. The molecular weight excluding hydrogens is 130 g/mol. The standard InChI is InChI=1S/C5H9N5/c1-2-4(6-3-1)5-7-9-10-8-5/h4,6H,1-3H2,(H,7,8,9,10)/p+1. The smallest absolute Gasteiger partial charge is 0.266 e. The third-order valence-corrected chi connectivity index (χ3v) is 1.82. The van der Waals surface area contributed by atoms with Crippen LogP contribution in [0.15, 0.2) is 15.5 Å². The van der Waals surface area contributed by atoms with Crippen molar-refractivity contribution in [2.75, 3.05) is 6.54 Å². The van der Waals surface area contributed by atoms with E-state index in [4.69, 9.17) is 0 Å². The minimum Gasteiger partial charge on any atom is -0.304 e. The van der Waals surface area contributed by atoms with Gasteiger partial charge in [0.1, 0.15) is 6.04 Å². The summed E-state index contributed by atoms with van der Waals surface area (Å²) in [5, 5.41) is 14.4. The molecule has 3 N–H and O–H groups in total. The molecule has 10 heavy (non-hydrogen) atoms. The second kappa shape index (κ2) is 2.43. The van der Waals surface area contributed by atoms with Crippen LogP contribution in [-0.2, 0) is 0 Å². The molecule has 54 valence electrons. The van der Waals surface area contributed by atoms with Crippen LogP contribution >= 0.6 is 0 Å². The first-order valence-corrected chi connectivity index (χ1v) is 3.51. The zero-order valence-corrected chi connectivity index (χ0v) is 5.62. The first-order chi connectivity index (χ1) is 4.97. The summed E-state index contributed by atoms with van der Waals surface area (Å²) in [6.45, 7) is 1.09. The van der Waals surface area contributed by atoms with Crippen LogP contribution in [0.5, 0.6) is 0 Å². The molecule has 2 aliphatic heterocycles. The predicted octanol–water partition coefficient (Wildman–Crippen LogP) is -1.00. The molecule has 0 aliphatic carbocycles. The fourth-order valence-corrected chi connectivity index (χ4v) is 1.28. The van der Waals surface area contributed by atoms with Gasteiger partial charge < -0.3 is 5.32 Å². The summed E-state index contributed by atoms with van der Waals surface area (Å²) < 4.78 is 0. The van der Waals surface area contributed by atoms with Crippen molar-refractivity contribution in [2.45, 2.75) is 18.9 Å². The summed E-state index contributed by atoms with van der Waals surface area (Å²) in [6, 6.07) is 0.412. The summed E-state index contributed by atoms with van der Waals surface area (Å²) in [7, 11) is 0. The van der Waals surface area contributed by atoms with E-state index < -0.39 is 0 Å². The van der Waals surface area contributed by atoms with Gasteiger partial charge in [-0.05, 0) is 19.4 Å². The van der Waals surface area contributed by atoms with Gasteiger partial charge in [-0.2, -0.15) is 5.43 Å². The van der Waals surface area contributed by atoms with Gasteiger partial charge in [0, 0.05) is 5.22 Å². The Morgan fingerprint density at radius 2 is 2.60 bits per heavy atom. The normalized spacial score (nSPS) is 31.2. The topological polar surface area (TPSA) is 65.7 Å². The number of hydrogen-bond donors (Lipinski definition) is 2. The Labute approximate surface area is 58.6 Å². The van der Waals surface area contributed by atoms with E-state index in [1.807, 2.05) is 0 Å². The number of rotatable bonds is 1. The minimum atomic E-state index is 0.412. The highest BCUT2D eigenvalue weighted by atomic mass is 15.6. The lowest BCUT2D eigenvalue weighted by Crippen LogP contribution is -2.84. The van der Waals surface area contributed by atoms with Crippen LogP contribution in [0, 0.1) is 0 Å². The van der Waals surface area contributed by atoms with Crippen molar-refractivity contribution in [3.63, 3.8) is 0 Å². The molecule has 0 spiro atoms. The first kappa shape index (κ1) is 5.94. The second-order valence-electron chi connectivity index (χ2n) is 2.51. The van der Waals surface area contributed by atoms with Crippen LogP contribution in [0.2, 0.25) is 0 Å². The lowest BCUT2D eigenvalue weighted by atomic mass is 10.2. The van der Waals surface area contributed by atoms with Crippen molar-refractivity contribution in [3.8, 4) is 0 Å². The molecule has 5 nitrogen and oxygen atoms in total. The van der Waals surface area contributed by atoms with Crippen molar-refractivity contribution in [1.82, 2.24) is 5.32 Å². The van der Waals surface area contributed by atoms with Gasteiger partial charge in [0.05, 0.1) is 5.22 Å². The van der Waals surface area contributed by atoms with Crippen LogP contribution < -0.4 is 10.7 Å². The Morgan fingerprint density at radius 3 is 3.20 bits per heavy atom. The second-order valence-corrected chi connectivity index (χ2v) is 2.51. The van der Waals surface area contributed by atoms with Crippen LogP contribution in [0.4, 0.5) is 0 Å². The van der Waals surface area contributed by atoms with Gasteiger partial charge in [0.25, 0.3) is 5.84 Å². The highest BCUT2D eigenvalue weighted by Crippen LogP contribution is 2.04. The molecular formula is C5H10N5+. The molecule has 2 heterocycles. The molecule has 1 saturated heterocycles. The minimum absolute atomic E-state index is 0.412. The van der Waals surface area contributed by atoms with E-state index in [-0.39, 0.29) is 0 Å². The van der Waals surface area contributed by atoms with Crippen molar-refractivity contribution >= 4 is 5.84 Å². The van der Waals surface area contributed by atoms with Crippen molar-refractivity contribution < 1.29 is 5.43 Å². The molecule has 1 fully saturated rings. The SMILES string of the molecule is C1CNC(C2=NN=N[NH2+]2)C1. The third-order valence-electron chi connectivity index (χ3n) is 1.82. The highest BCUT2D eigenvalue weighted by molar-refractivity contribution is 5.78. The fraction of sp³-hybridized carbons (Fsp3) is 0.800. The van der Waals surface area contributed by atoms with Crippen molar-refractivity contribution in [1.29, 1.82) is 0 Å². The molecule has 0 aromatic heterocycles. The van der Waals surface area contributed by atoms with Crippen molar-refractivity contribution in [2.24, 2.45) is 15.5 Å².